The number of thioether (sulfide) groups is 1. The van der Waals surface area contributed by atoms with Crippen LogP contribution in [0.4, 0.5) is 0 Å². The third-order valence-electron chi connectivity index (χ3n) is 1.30. The molecule has 0 bridgehead atoms. The van der Waals surface area contributed by atoms with Crippen LogP contribution in [0.25, 0.3) is 0 Å². The summed E-state index contributed by atoms with van der Waals surface area (Å²) in [6, 6.07) is 0.462. The topological polar surface area (TPSA) is 55.1 Å². The standard InChI is InChI=1S/C9H20N2OS/c1-7(2)11-9(12)4-5-13-6-8(3)10/h7-8H,4-6,10H2,1-3H3,(H,11,12). The molecular formula is C9H20N2OS. The van der Waals surface area contributed by atoms with Gasteiger partial charge in [0, 0.05) is 30.0 Å². The Morgan fingerprint density at radius 3 is 2.54 bits per heavy atom. The predicted molar refractivity (Wildman–Crippen MR) is 58.9 cm³/mol. The number of hydrogen-bond acceptors (Lipinski definition) is 3. The van der Waals surface area contributed by atoms with Gasteiger partial charge in [0.25, 0.3) is 0 Å². The van der Waals surface area contributed by atoms with Gasteiger partial charge in [0.1, 0.15) is 0 Å². The molecule has 4 heteroatoms. The molecular weight excluding hydrogens is 184 g/mol. The Bertz CT molecular complexity index is 149. The maximum atomic E-state index is 11.1. The van der Waals surface area contributed by atoms with Crippen molar-refractivity contribution in [3.05, 3.63) is 0 Å². The van der Waals surface area contributed by atoms with E-state index in [0.717, 1.165) is 11.5 Å². The Kier molecular flexibility index (Phi) is 7.09. The summed E-state index contributed by atoms with van der Waals surface area (Å²) in [6.07, 6.45) is 0.593. The highest BCUT2D eigenvalue weighted by atomic mass is 32.2. The summed E-state index contributed by atoms with van der Waals surface area (Å²) in [7, 11) is 0. The highest BCUT2D eigenvalue weighted by Gasteiger charge is 2.02. The average molecular weight is 204 g/mol. The van der Waals surface area contributed by atoms with Gasteiger partial charge < -0.3 is 11.1 Å². The minimum Gasteiger partial charge on any atom is -0.354 e. The van der Waals surface area contributed by atoms with Crippen LogP contribution in [0.3, 0.4) is 0 Å². The molecule has 0 aromatic rings. The fraction of sp³-hybridized carbons (Fsp3) is 0.889. The van der Waals surface area contributed by atoms with Crippen LogP contribution in [0.5, 0.6) is 0 Å². The van der Waals surface area contributed by atoms with Crippen molar-refractivity contribution in [2.45, 2.75) is 39.3 Å². The smallest absolute Gasteiger partial charge is 0.221 e. The maximum Gasteiger partial charge on any atom is 0.221 e. The zero-order valence-electron chi connectivity index (χ0n) is 8.67. The van der Waals surface area contributed by atoms with E-state index in [0.29, 0.717) is 6.42 Å². The molecule has 78 valence electrons. The molecule has 1 unspecified atom stereocenters. The monoisotopic (exact) mass is 204 g/mol. The molecule has 3 N–H and O–H groups in total. The Hall–Kier alpha value is -0.220. The number of nitrogens with two attached hydrogens (primary N) is 1. The van der Waals surface area contributed by atoms with Gasteiger partial charge in [-0.25, -0.2) is 0 Å². The van der Waals surface area contributed by atoms with E-state index in [1.165, 1.54) is 0 Å². The van der Waals surface area contributed by atoms with E-state index in [4.69, 9.17) is 5.73 Å². The first kappa shape index (κ1) is 12.8. The Labute approximate surface area is 84.8 Å². The summed E-state index contributed by atoms with van der Waals surface area (Å²) in [5, 5.41) is 2.85. The zero-order chi connectivity index (χ0) is 10.3. The van der Waals surface area contributed by atoms with Crippen molar-refractivity contribution >= 4 is 17.7 Å². The fourth-order valence-corrected chi connectivity index (χ4v) is 1.70. The minimum atomic E-state index is 0.132. The van der Waals surface area contributed by atoms with Crippen LogP contribution in [0, 0.1) is 0 Å². The summed E-state index contributed by atoms with van der Waals surface area (Å²) in [6.45, 7) is 5.90. The summed E-state index contributed by atoms with van der Waals surface area (Å²) >= 11 is 1.73. The molecule has 3 nitrogen and oxygen atoms in total. The average Bonchev–Trinajstić information content (AvgIpc) is 1.96. The number of carbonyl (C=O) groups is 1. The van der Waals surface area contributed by atoms with Gasteiger partial charge in [0.2, 0.25) is 5.91 Å². The lowest BCUT2D eigenvalue weighted by Crippen LogP contribution is -2.30. The normalized spacial score (nSPS) is 13.0. The molecule has 1 amide bonds. The van der Waals surface area contributed by atoms with Crippen LogP contribution in [0.2, 0.25) is 0 Å². The first-order chi connectivity index (χ1) is 6.02. The maximum absolute atomic E-state index is 11.1. The van der Waals surface area contributed by atoms with Gasteiger partial charge in [0.05, 0.1) is 0 Å². The SMILES string of the molecule is CC(N)CSCCC(=O)NC(C)C. The summed E-state index contributed by atoms with van der Waals surface area (Å²) < 4.78 is 0. The van der Waals surface area contributed by atoms with E-state index in [1.54, 1.807) is 11.8 Å². The molecule has 13 heavy (non-hydrogen) atoms. The second-order valence-electron chi connectivity index (χ2n) is 3.52. The number of carbonyl (C=O) groups excluding carboxylic acids is 1. The molecule has 0 heterocycles. The van der Waals surface area contributed by atoms with Crippen LogP contribution in [-0.4, -0.2) is 29.5 Å². The van der Waals surface area contributed by atoms with Gasteiger partial charge in [0.15, 0.2) is 0 Å². The summed E-state index contributed by atoms with van der Waals surface area (Å²) in [4.78, 5) is 11.1. The highest BCUT2D eigenvalue weighted by molar-refractivity contribution is 7.99. The van der Waals surface area contributed by atoms with Crippen LogP contribution in [0.1, 0.15) is 27.2 Å². The van der Waals surface area contributed by atoms with Crippen molar-refractivity contribution in [1.82, 2.24) is 5.32 Å². The van der Waals surface area contributed by atoms with Gasteiger partial charge in [-0.15, -0.1) is 0 Å². The van der Waals surface area contributed by atoms with E-state index in [1.807, 2.05) is 20.8 Å². The van der Waals surface area contributed by atoms with Crippen molar-refractivity contribution < 1.29 is 4.79 Å². The van der Waals surface area contributed by atoms with Gasteiger partial charge in [-0.05, 0) is 20.8 Å². The van der Waals surface area contributed by atoms with Gasteiger partial charge in [-0.2, -0.15) is 11.8 Å². The van der Waals surface area contributed by atoms with Crippen LogP contribution in [-0.2, 0) is 4.79 Å². The molecule has 0 aliphatic carbocycles. The van der Waals surface area contributed by atoms with Gasteiger partial charge in [-0.3, -0.25) is 4.79 Å². The van der Waals surface area contributed by atoms with Crippen LogP contribution >= 0.6 is 11.8 Å². The number of amides is 1. The first-order valence-electron chi connectivity index (χ1n) is 4.65. The molecule has 0 radical (unpaired) electrons. The van der Waals surface area contributed by atoms with E-state index in [9.17, 15) is 4.79 Å². The lowest BCUT2D eigenvalue weighted by Gasteiger charge is -2.08. The van der Waals surface area contributed by atoms with E-state index >= 15 is 0 Å². The number of hydrogen-bond donors (Lipinski definition) is 2. The number of nitrogens with one attached hydrogen (secondary N) is 1. The second kappa shape index (κ2) is 7.21. The molecule has 0 spiro atoms. The molecule has 0 saturated heterocycles. The molecule has 0 rings (SSSR count). The molecule has 0 saturated carbocycles. The van der Waals surface area contributed by atoms with Crippen LogP contribution in [0.15, 0.2) is 0 Å². The number of rotatable bonds is 6. The van der Waals surface area contributed by atoms with Gasteiger partial charge in [-0.1, -0.05) is 0 Å². The van der Waals surface area contributed by atoms with Crippen molar-refractivity contribution in [2.75, 3.05) is 11.5 Å². The quantitative estimate of drug-likeness (QED) is 0.634. The molecule has 1 atom stereocenters. The Morgan fingerprint density at radius 2 is 2.08 bits per heavy atom. The van der Waals surface area contributed by atoms with Crippen LogP contribution < -0.4 is 11.1 Å². The van der Waals surface area contributed by atoms with E-state index < -0.39 is 0 Å². The van der Waals surface area contributed by atoms with Gasteiger partial charge >= 0.3 is 0 Å². The third kappa shape index (κ3) is 9.70. The van der Waals surface area contributed by atoms with Crippen molar-refractivity contribution in [2.24, 2.45) is 5.73 Å². The molecule has 0 fully saturated rings. The highest BCUT2D eigenvalue weighted by Crippen LogP contribution is 2.03. The first-order valence-corrected chi connectivity index (χ1v) is 5.80. The minimum absolute atomic E-state index is 0.132. The van der Waals surface area contributed by atoms with Crippen molar-refractivity contribution in [3.63, 3.8) is 0 Å². The second-order valence-corrected chi connectivity index (χ2v) is 4.67. The fourth-order valence-electron chi connectivity index (χ4n) is 0.828. The molecule has 0 aliphatic rings. The largest absolute Gasteiger partial charge is 0.354 e. The molecule has 0 aromatic heterocycles. The summed E-state index contributed by atoms with van der Waals surface area (Å²) in [5.41, 5.74) is 5.57. The lowest BCUT2D eigenvalue weighted by atomic mass is 10.3. The molecule has 0 aliphatic heterocycles. The summed E-state index contributed by atoms with van der Waals surface area (Å²) in [5.74, 6) is 1.92. The lowest BCUT2D eigenvalue weighted by molar-refractivity contribution is -0.121. The predicted octanol–water partition coefficient (Wildman–Crippen LogP) is 0.981. The Balaban J connectivity index is 3.27. The van der Waals surface area contributed by atoms with Crippen molar-refractivity contribution in [3.8, 4) is 0 Å². The third-order valence-corrected chi connectivity index (χ3v) is 2.56. The van der Waals surface area contributed by atoms with E-state index in [2.05, 4.69) is 5.32 Å². The van der Waals surface area contributed by atoms with E-state index in [-0.39, 0.29) is 18.0 Å². The zero-order valence-corrected chi connectivity index (χ0v) is 9.49. The molecule has 0 aromatic carbocycles. The van der Waals surface area contributed by atoms with Crippen molar-refractivity contribution in [1.29, 1.82) is 0 Å². The Morgan fingerprint density at radius 1 is 1.46 bits per heavy atom.